The molecule has 0 saturated heterocycles. The first-order chi connectivity index (χ1) is 13.7. The number of nitrogens with zero attached hydrogens (tertiary/aromatic N) is 1. The molecule has 156 valence electrons. The number of rotatable bonds is 9. The summed E-state index contributed by atoms with van der Waals surface area (Å²) in [4.78, 5) is 13.0. The van der Waals surface area contributed by atoms with Gasteiger partial charge in [-0.3, -0.25) is 9.10 Å². The molecule has 0 fully saturated rings. The number of aryl methyl sites for hydroxylation is 2. The van der Waals surface area contributed by atoms with Crippen LogP contribution in [-0.2, 0) is 14.8 Å². The molecule has 0 spiro atoms. The summed E-state index contributed by atoms with van der Waals surface area (Å²) < 4.78 is 31.7. The highest BCUT2D eigenvalue weighted by molar-refractivity contribution is 7.92. The number of hydrogen-bond donors (Lipinski definition) is 1. The number of amides is 1. The lowest BCUT2D eigenvalue weighted by molar-refractivity contribution is -0.117. The van der Waals surface area contributed by atoms with Crippen LogP contribution in [-0.4, -0.2) is 33.2 Å². The van der Waals surface area contributed by atoms with Gasteiger partial charge in [-0.1, -0.05) is 25.6 Å². The van der Waals surface area contributed by atoms with E-state index >= 15 is 0 Å². The van der Waals surface area contributed by atoms with Crippen molar-refractivity contribution in [1.82, 2.24) is 0 Å². The van der Waals surface area contributed by atoms with Gasteiger partial charge in [-0.25, -0.2) is 8.42 Å². The van der Waals surface area contributed by atoms with E-state index in [0.29, 0.717) is 30.2 Å². The highest BCUT2D eigenvalue weighted by Crippen LogP contribution is 2.26. The second-order valence-corrected chi connectivity index (χ2v) is 8.72. The lowest BCUT2D eigenvalue weighted by atomic mass is 10.1. The molecule has 0 aliphatic heterocycles. The molecule has 2 aromatic carbocycles. The van der Waals surface area contributed by atoms with Crippen molar-refractivity contribution in [3.05, 3.63) is 66.2 Å². The Morgan fingerprint density at radius 1 is 1.17 bits per heavy atom. The predicted molar refractivity (Wildman–Crippen MR) is 118 cm³/mol. The van der Waals surface area contributed by atoms with E-state index in [1.807, 2.05) is 19.9 Å². The monoisotopic (exact) mass is 416 g/mol. The Bertz CT molecular complexity index is 969. The van der Waals surface area contributed by atoms with Crippen LogP contribution in [0.5, 0.6) is 5.75 Å². The van der Waals surface area contributed by atoms with Gasteiger partial charge in [0.2, 0.25) is 15.9 Å². The fourth-order valence-corrected chi connectivity index (χ4v) is 4.14. The standard InChI is InChI=1S/C22H28N2O4S/c1-6-14-28-20-12-9-18(10-13-20)23-22(25)21(7-2)24(29(5,26)27)19-11-8-16(3)17(4)15-19/h6,8-13,15,21H,1,7,14H2,2-5H3,(H,23,25). The highest BCUT2D eigenvalue weighted by Gasteiger charge is 2.31. The first-order valence-electron chi connectivity index (χ1n) is 9.38. The van der Waals surface area contributed by atoms with Gasteiger partial charge in [0.15, 0.2) is 0 Å². The molecule has 0 saturated carbocycles. The fourth-order valence-electron chi connectivity index (χ4n) is 2.94. The number of anilines is 2. The van der Waals surface area contributed by atoms with E-state index in [-0.39, 0.29) is 0 Å². The number of benzene rings is 2. The van der Waals surface area contributed by atoms with Gasteiger partial charge in [0.25, 0.3) is 0 Å². The van der Waals surface area contributed by atoms with E-state index in [2.05, 4.69) is 11.9 Å². The molecule has 0 bridgehead atoms. The number of carbonyl (C=O) groups excluding carboxylic acids is 1. The van der Waals surface area contributed by atoms with Gasteiger partial charge in [-0.15, -0.1) is 0 Å². The predicted octanol–water partition coefficient (Wildman–Crippen LogP) is 4.05. The van der Waals surface area contributed by atoms with Crippen LogP contribution in [0.15, 0.2) is 55.1 Å². The molecule has 0 aliphatic carbocycles. The van der Waals surface area contributed by atoms with Gasteiger partial charge < -0.3 is 10.1 Å². The van der Waals surface area contributed by atoms with Gasteiger partial charge in [0.05, 0.1) is 11.9 Å². The third-order valence-electron chi connectivity index (χ3n) is 4.56. The van der Waals surface area contributed by atoms with Crippen LogP contribution in [0.3, 0.4) is 0 Å². The zero-order chi connectivity index (χ0) is 21.6. The minimum atomic E-state index is -3.67. The van der Waals surface area contributed by atoms with Crippen molar-refractivity contribution in [3.8, 4) is 5.75 Å². The molecule has 1 unspecified atom stereocenters. The number of ether oxygens (including phenoxy) is 1. The second kappa shape index (κ2) is 9.60. The van der Waals surface area contributed by atoms with Crippen molar-refractivity contribution < 1.29 is 17.9 Å². The molecule has 0 aromatic heterocycles. The summed E-state index contributed by atoms with van der Waals surface area (Å²) in [6.07, 6.45) is 3.09. The normalized spacial score (nSPS) is 12.1. The van der Waals surface area contributed by atoms with Crippen LogP contribution in [0.2, 0.25) is 0 Å². The Morgan fingerprint density at radius 3 is 2.34 bits per heavy atom. The van der Waals surface area contributed by atoms with Crippen molar-refractivity contribution in [2.75, 3.05) is 22.5 Å². The van der Waals surface area contributed by atoms with Crippen molar-refractivity contribution in [1.29, 1.82) is 0 Å². The fraction of sp³-hybridized carbons (Fsp3) is 0.318. The Morgan fingerprint density at radius 2 is 1.83 bits per heavy atom. The third kappa shape index (κ3) is 5.84. The van der Waals surface area contributed by atoms with E-state index in [0.717, 1.165) is 17.4 Å². The van der Waals surface area contributed by atoms with Gasteiger partial charge >= 0.3 is 0 Å². The van der Waals surface area contributed by atoms with Crippen LogP contribution >= 0.6 is 0 Å². The Kier molecular flexibility index (Phi) is 7.45. The van der Waals surface area contributed by atoms with Crippen LogP contribution < -0.4 is 14.4 Å². The largest absolute Gasteiger partial charge is 0.490 e. The van der Waals surface area contributed by atoms with Crippen molar-refractivity contribution in [3.63, 3.8) is 0 Å². The minimum Gasteiger partial charge on any atom is -0.490 e. The number of sulfonamides is 1. The van der Waals surface area contributed by atoms with Crippen molar-refractivity contribution in [2.45, 2.75) is 33.2 Å². The molecule has 6 nitrogen and oxygen atoms in total. The number of carbonyl (C=O) groups is 1. The molecule has 1 N–H and O–H groups in total. The molecule has 29 heavy (non-hydrogen) atoms. The molecule has 1 amide bonds. The number of nitrogens with one attached hydrogen (secondary N) is 1. The summed E-state index contributed by atoms with van der Waals surface area (Å²) in [5, 5.41) is 2.80. The Balaban J connectivity index is 2.28. The Hall–Kier alpha value is -2.80. The van der Waals surface area contributed by atoms with Crippen molar-refractivity contribution in [2.24, 2.45) is 0 Å². The minimum absolute atomic E-state index is 0.326. The quantitative estimate of drug-likeness (QED) is 0.626. The van der Waals surface area contributed by atoms with Crippen LogP contribution in [0, 0.1) is 13.8 Å². The molecule has 7 heteroatoms. The topological polar surface area (TPSA) is 75.7 Å². The van der Waals surface area contributed by atoms with E-state index < -0.39 is 22.0 Å². The zero-order valence-electron chi connectivity index (χ0n) is 17.3. The molecule has 0 radical (unpaired) electrons. The summed E-state index contributed by atoms with van der Waals surface area (Å²) in [6, 6.07) is 11.4. The molecule has 0 heterocycles. The van der Waals surface area contributed by atoms with Crippen LogP contribution in [0.25, 0.3) is 0 Å². The van der Waals surface area contributed by atoms with E-state index in [4.69, 9.17) is 4.74 Å². The maximum atomic E-state index is 13.0. The van der Waals surface area contributed by atoms with E-state index in [9.17, 15) is 13.2 Å². The summed E-state index contributed by atoms with van der Waals surface area (Å²) >= 11 is 0. The lowest BCUT2D eigenvalue weighted by Gasteiger charge is -2.30. The van der Waals surface area contributed by atoms with Gasteiger partial charge in [-0.05, 0) is 67.8 Å². The summed E-state index contributed by atoms with van der Waals surface area (Å²) in [7, 11) is -3.67. The van der Waals surface area contributed by atoms with Crippen LogP contribution in [0.1, 0.15) is 24.5 Å². The maximum absolute atomic E-state index is 13.0. The van der Waals surface area contributed by atoms with Crippen molar-refractivity contribution >= 4 is 27.3 Å². The SMILES string of the molecule is C=CCOc1ccc(NC(=O)C(CC)N(c2ccc(C)c(C)c2)S(C)(=O)=O)cc1. The van der Waals surface area contributed by atoms with Gasteiger partial charge in [-0.2, -0.15) is 0 Å². The maximum Gasteiger partial charge on any atom is 0.248 e. The second-order valence-electron chi connectivity index (χ2n) is 6.86. The molecule has 1 atom stereocenters. The highest BCUT2D eigenvalue weighted by atomic mass is 32.2. The zero-order valence-corrected chi connectivity index (χ0v) is 18.1. The average molecular weight is 417 g/mol. The first-order valence-corrected chi connectivity index (χ1v) is 11.2. The smallest absolute Gasteiger partial charge is 0.248 e. The third-order valence-corrected chi connectivity index (χ3v) is 5.74. The van der Waals surface area contributed by atoms with E-state index in [1.54, 1.807) is 49.4 Å². The van der Waals surface area contributed by atoms with Crippen LogP contribution in [0.4, 0.5) is 11.4 Å². The molecule has 2 aromatic rings. The number of hydrogen-bond acceptors (Lipinski definition) is 4. The van der Waals surface area contributed by atoms with Gasteiger partial charge in [0, 0.05) is 5.69 Å². The Labute approximate surface area is 173 Å². The average Bonchev–Trinajstić information content (AvgIpc) is 2.66. The molecular weight excluding hydrogens is 388 g/mol. The molecular formula is C22H28N2O4S. The molecule has 0 aliphatic rings. The summed E-state index contributed by atoms with van der Waals surface area (Å²) in [6.45, 7) is 9.64. The summed E-state index contributed by atoms with van der Waals surface area (Å²) in [5.41, 5.74) is 3.05. The summed E-state index contributed by atoms with van der Waals surface area (Å²) in [5.74, 6) is 0.263. The first kappa shape index (κ1) is 22.5. The van der Waals surface area contributed by atoms with Gasteiger partial charge in [0.1, 0.15) is 18.4 Å². The lowest BCUT2D eigenvalue weighted by Crippen LogP contribution is -2.47. The van der Waals surface area contributed by atoms with E-state index in [1.165, 1.54) is 4.31 Å². The molecule has 2 rings (SSSR count).